The van der Waals surface area contributed by atoms with Crippen LogP contribution < -0.4 is 5.32 Å². The van der Waals surface area contributed by atoms with Gasteiger partial charge >= 0.3 is 0 Å². The summed E-state index contributed by atoms with van der Waals surface area (Å²) < 4.78 is 23.7. The summed E-state index contributed by atoms with van der Waals surface area (Å²) in [7, 11) is -2.90. The maximum absolute atomic E-state index is 11.3. The first-order valence-corrected chi connectivity index (χ1v) is 9.45. The number of nitrogens with one attached hydrogen (secondary N) is 1. The Morgan fingerprint density at radius 2 is 2.10 bits per heavy atom. The van der Waals surface area contributed by atoms with Crippen LogP contribution in [0.4, 0.5) is 5.69 Å². The Bertz CT molecular complexity index is 690. The van der Waals surface area contributed by atoms with Gasteiger partial charge in [0.1, 0.15) is 9.84 Å². The number of hydrogen-bond donors (Lipinski definition) is 1. The van der Waals surface area contributed by atoms with Gasteiger partial charge in [-0.15, -0.1) is 11.3 Å². The Morgan fingerprint density at radius 1 is 1.35 bits per heavy atom. The molecule has 110 valence electrons. The van der Waals surface area contributed by atoms with Gasteiger partial charge in [-0.25, -0.2) is 8.42 Å². The number of pyridine rings is 1. The van der Waals surface area contributed by atoms with E-state index in [0.717, 1.165) is 22.4 Å². The Kier molecular flexibility index (Phi) is 4.34. The van der Waals surface area contributed by atoms with Crippen LogP contribution in [0.25, 0.3) is 10.2 Å². The van der Waals surface area contributed by atoms with Crippen molar-refractivity contribution in [1.82, 2.24) is 4.98 Å². The lowest BCUT2D eigenvalue weighted by Gasteiger charge is -2.25. The molecule has 0 fully saturated rings. The minimum absolute atomic E-state index is 0.0735. The summed E-state index contributed by atoms with van der Waals surface area (Å²) in [4.78, 5) is 4.31. The SMILES string of the molecule is CC(C)(CCS(C)(=O)=O)CNc1ccnc2ccsc12. The molecule has 0 saturated carbocycles. The third kappa shape index (κ3) is 4.18. The van der Waals surface area contributed by atoms with E-state index in [0.29, 0.717) is 6.42 Å². The molecule has 0 aliphatic rings. The molecule has 0 aromatic carbocycles. The first kappa shape index (κ1) is 15.3. The smallest absolute Gasteiger partial charge is 0.147 e. The topological polar surface area (TPSA) is 59.1 Å². The molecule has 20 heavy (non-hydrogen) atoms. The molecule has 2 aromatic heterocycles. The number of thiophene rings is 1. The summed E-state index contributed by atoms with van der Waals surface area (Å²) in [6.45, 7) is 4.90. The summed E-state index contributed by atoms with van der Waals surface area (Å²) in [6.07, 6.45) is 3.73. The minimum atomic E-state index is -2.90. The molecule has 4 nitrogen and oxygen atoms in total. The zero-order chi connectivity index (χ0) is 14.8. The zero-order valence-corrected chi connectivity index (χ0v) is 13.6. The van der Waals surface area contributed by atoms with E-state index in [1.165, 1.54) is 6.26 Å². The Hall–Kier alpha value is -1.14. The van der Waals surface area contributed by atoms with Gasteiger partial charge in [-0.1, -0.05) is 13.8 Å². The van der Waals surface area contributed by atoms with E-state index in [1.54, 1.807) is 17.5 Å². The predicted molar refractivity (Wildman–Crippen MR) is 86.2 cm³/mol. The molecule has 0 amide bonds. The lowest BCUT2D eigenvalue weighted by molar-refractivity contribution is 0.377. The molecule has 0 aliphatic carbocycles. The first-order valence-electron chi connectivity index (χ1n) is 6.51. The Morgan fingerprint density at radius 3 is 2.80 bits per heavy atom. The van der Waals surface area contributed by atoms with Crippen molar-refractivity contribution < 1.29 is 8.42 Å². The summed E-state index contributed by atoms with van der Waals surface area (Å²) in [5.74, 6) is 0.229. The molecule has 0 atom stereocenters. The number of sulfone groups is 1. The first-order chi connectivity index (χ1) is 9.27. The second-order valence-corrected chi connectivity index (χ2v) is 9.07. The van der Waals surface area contributed by atoms with Gasteiger partial charge < -0.3 is 5.32 Å². The fraction of sp³-hybridized carbons (Fsp3) is 0.500. The molecule has 1 N–H and O–H groups in total. The van der Waals surface area contributed by atoms with Crippen LogP contribution in [0.5, 0.6) is 0 Å². The van der Waals surface area contributed by atoms with Crippen molar-refractivity contribution in [2.75, 3.05) is 23.9 Å². The van der Waals surface area contributed by atoms with Gasteiger partial charge in [0.2, 0.25) is 0 Å². The van der Waals surface area contributed by atoms with E-state index in [4.69, 9.17) is 0 Å². The number of hydrogen-bond acceptors (Lipinski definition) is 5. The standard InChI is InChI=1S/C14H20N2O2S2/c1-14(2,6-9-20(3,17)18)10-16-11-4-7-15-12-5-8-19-13(11)12/h4-5,7-8H,6,9-10H2,1-3H3,(H,15,16). The van der Waals surface area contributed by atoms with Crippen molar-refractivity contribution in [2.24, 2.45) is 5.41 Å². The highest BCUT2D eigenvalue weighted by Crippen LogP contribution is 2.29. The van der Waals surface area contributed by atoms with Crippen molar-refractivity contribution in [3.63, 3.8) is 0 Å². The van der Waals surface area contributed by atoms with Gasteiger partial charge in [-0.2, -0.15) is 0 Å². The minimum Gasteiger partial charge on any atom is -0.383 e. The fourth-order valence-electron chi connectivity index (χ4n) is 1.90. The Balaban J connectivity index is 2.02. The van der Waals surface area contributed by atoms with Crippen LogP contribution in [0.3, 0.4) is 0 Å². The zero-order valence-electron chi connectivity index (χ0n) is 12.0. The third-order valence-corrected chi connectivity index (χ3v) is 5.13. The van der Waals surface area contributed by atoms with Gasteiger partial charge in [0.25, 0.3) is 0 Å². The van der Waals surface area contributed by atoms with E-state index in [-0.39, 0.29) is 11.2 Å². The molecule has 2 rings (SSSR count). The van der Waals surface area contributed by atoms with Crippen molar-refractivity contribution >= 4 is 37.1 Å². The molecule has 0 aliphatic heterocycles. The summed E-state index contributed by atoms with van der Waals surface area (Å²) >= 11 is 1.66. The van der Waals surface area contributed by atoms with Crippen LogP contribution in [0.1, 0.15) is 20.3 Å². The van der Waals surface area contributed by atoms with E-state index in [1.807, 2.05) is 17.5 Å². The molecule has 2 aromatic rings. The Labute approximate surface area is 124 Å². The number of fused-ring (bicyclic) bond motifs is 1. The maximum Gasteiger partial charge on any atom is 0.147 e. The molecular weight excluding hydrogens is 292 g/mol. The highest BCUT2D eigenvalue weighted by molar-refractivity contribution is 7.90. The highest BCUT2D eigenvalue weighted by Gasteiger charge is 2.20. The summed E-state index contributed by atoms with van der Waals surface area (Å²) in [5.41, 5.74) is 1.99. The maximum atomic E-state index is 11.3. The van der Waals surface area contributed by atoms with Crippen LogP contribution >= 0.6 is 11.3 Å². The van der Waals surface area contributed by atoms with E-state index < -0.39 is 9.84 Å². The van der Waals surface area contributed by atoms with E-state index >= 15 is 0 Å². The lowest BCUT2D eigenvalue weighted by Crippen LogP contribution is -2.26. The highest BCUT2D eigenvalue weighted by atomic mass is 32.2. The molecule has 2 heterocycles. The van der Waals surface area contributed by atoms with Crippen molar-refractivity contribution in [1.29, 1.82) is 0 Å². The number of nitrogens with zero attached hydrogens (tertiary/aromatic N) is 1. The van der Waals surface area contributed by atoms with Crippen molar-refractivity contribution in [2.45, 2.75) is 20.3 Å². The molecule has 0 radical (unpaired) electrons. The third-order valence-electron chi connectivity index (χ3n) is 3.25. The van der Waals surface area contributed by atoms with Crippen LogP contribution in [0.2, 0.25) is 0 Å². The summed E-state index contributed by atoms with van der Waals surface area (Å²) in [5, 5.41) is 5.45. The quantitative estimate of drug-likeness (QED) is 0.890. The second kappa shape index (κ2) is 5.69. The van der Waals surface area contributed by atoms with Crippen LogP contribution in [-0.4, -0.2) is 32.0 Å². The van der Waals surface area contributed by atoms with Crippen LogP contribution in [-0.2, 0) is 9.84 Å². The monoisotopic (exact) mass is 312 g/mol. The van der Waals surface area contributed by atoms with Crippen LogP contribution in [0, 0.1) is 5.41 Å². The molecule has 0 bridgehead atoms. The van der Waals surface area contributed by atoms with Crippen molar-refractivity contribution in [3.8, 4) is 0 Å². The van der Waals surface area contributed by atoms with E-state index in [9.17, 15) is 8.42 Å². The molecule has 0 unspecified atom stereocenters. The molecular formula is C14H20N2O2S2. The second-order valence-electron chi connectivity index (χ2n) is 5.89. The molecule has 0 spiro atoms. The molecule has 0 saturated heterocycles. The lowest BCUT2D eigenvalue weighted by atomic mass is 9.90. The van der Waals surface area contributed by atoms with Crippen molar-refractivity contribution in [3.05, 3.63) is 23.7 Å². The number of anilines is 1. The fourth-order valence-corrected chi connectivity index (χ4v) is 3.66. The van der Waals surface area contributed by atoms with Gasteiger partial charge in [0.05, 0.1) is 21.7 Å². The average molecular weight is 312 g/mol. The van der Waals surface area contributed by atoms with E-state index in [2.05, 4.69) is 24.1 Å². The summed E-state index contributed by atoms with van der Waals surface area (Å²) in [6, 6.07) is 3.96. The van der Waals surface area contributed by atoms with Gasteiger partial charge in [0, 0.05) is 19.0 Å². The van der Waals surface area contributed by atoms with Crippen LogP contribution in [0.15, 0.2) is 23.7 Å². The number of aromatic nitrogens is 1. The van der Waals surface area contributed by atoms with Gasteiger partial charge in [-0.05, 0) is 29.3 Å². The largest absolute Gasteiger partial charge is 0.383 e. The molecule has 6 heteroatoms. The number of rotatable bonds is 6. The normalized spacial score (nSPS) is 12.8. The van der Waals surface area contributed by atoms with Gasteiger partial charge in [-0.3, -0.25) is 4.98 Å². The predicted octanol–water partition coefficient (Wildman–Crippen LogP) is 3.17. The average Bonchev–Trinajstić information content (AvgIpc) is 2.82. The van der Waals surface area contributed by atoms with Gasteiger partial charge in [0.15, 0.2) is 0 Å².